The number of azo groups is 1. The Hall–Kier alpha value is -2.22. The number of carbonyl (C=O) groups excluding carboxylic acids is 1. The summed E-state index contributed by atoms with van der Waals surface area (Å²) < 4.78 is 0. The molecule has 0 aromatic heterocycles. The van der Waals surface area contributed by atoms with Gasteiger partial charge in [0.1, 0.15) is 0 Å². The Balaban J connectivity index is 2.89. The number of carbonyl (C=O) groups is 1. The summed E-state index contributed by atoms with van der Waals surface area (Å²) in [5.41, 5.74) is 5.92. The molecular formula is C8H6N4O. The molecule has 0 unspecified atom stereocenters. The Bertz CT molecular complexity index is 374. The molecule has 1 rings (SSSR count). The van der Waals surface area contributed by atoms with Crippen molar-refractivity contribution >= 4 is 11.6 Å². The van der Waals surface area contributed by atoms with E-state index in [4.69, 9.17) is 11.0 Å². The van der Waals surface area contributed by atoms with Crippen LogP contribution in [0.2, 0.25) is 0 Å². The molecule has 0 heterocycles. The first-order valence-corrected chi connectivity index (χ1v) is 3.43. The molecule has 0 aliphatic heterocycles. The molecule has 1 amide bonds. The van der Waals surface area contributed by atoms with E-state index in [1.165, 1.54) is 18.3 Å². The van der Waals surface area contributed by atoms with E-state index < -0.39 is 5.91 Å². The number of benzene rings is 1. The lowest BCUT2D eigenvalue weighted by Gasteiger charge is -1.93. The van der Waals surface area contributed by atoms with Gasteiger partial charge in [-0.25, -0.2) is 0 Å². The van der Waals surface area contributed by atoms with Gasteiger partial charge in [0.25, 0.3) is 0 Å². The van der Waals surface area contributed by atoms with E-state index in [0.29, 0.717) is 11.3 Å². The second kappa shape index (κ2) is 3.97. The molecule has 1 aromatic carbocycles. The minimum absolute atomic E-state index is 0.399. The molecule has 0 bridgehead atoms. The van der Waals surface area contributed by atoms with Crippen molar-refractivity contribution in [3.05, 3.63) is 29.8 Å². The van der Waals surface area contributed by atoms with Crippen LogP contribution in [0.15, 0.2) is 34.5 Å². The highest BCUT2D eigenvalue weighted by atomic mass is 16.1. The lowest BCUT2D eigenvalue weighted by molar-refractivity contribution is 0.100. The molecule has 5 heteroatoms. The Kier molecular flexibility index (Phi) is 2.71. The number of nitrogens with two attached hydrogens (primary N) is 1. The van der Waals surface area contributed by atoms with Crippen LogP contribution in [0, 0.1) is 11.5 Å². The van der Waals surface area contributed by atoms with E-state index in [1.54, 1.807) is 12.1 Å². The third kappa shape index (κ3) is 2.38. The molecule has 5 nitrogen and oxygen atoms in total. The number of amides is 1. The van der Waals surface area contributed by atoms with E-state index in [-0.39, 0.29) is 0 Å². The predicted molar refractivity (Wildman–Crippen MR) is 45.1 cm³/mol. The first-order chi connectivity index (χ1) is 6.24. The van der Waals surface area contributed by atoms with Crippen molar-refractivity contribution in [3.8, 4) is 6.19 Å². The second-order valence-corrected chi connectivity index (χ2v) is 2.21. The summed E-state index contributed by atoms with van der Waals surface area (Å²) in [5.74, 6) is -0.497. The van der Waals surface area contributed by atoms with Crippen molar-refractivity contribution in [1.82, 2.24) is 0 Å². The van der Waals surface area contributed by atoms with Gasteiger partial charge in [0, 0.05) is 5.56 Å². The van der Waals surface area contributed by atoms with Gasteiger partial charge in [0.2, 0.25) is 12.1 Å². The number of primary amides is 1. The zero-order valence-corrected chi connectivity index (χ0v) is 6.64. The van der Waals surface area contributed by atoms with E-state index in [2.05, 4.69) is 10.2 Å². The van der Waals surface area contributed by atoms with Crippen LogP contribution in [0.5, 0.6) is 0 Å². The van der Waals surface area contributed by atoms with Crippen LogP contribution in [0.1, 0.15) is 10.4 Å². The monoisotopic (exact) mass is 174 g/mol. The van der Waals surface area contributed by atoms with E-state index >= 15 is 0 Å². The molecule has 0 radical (unpaired) electrons. The summed E-state index contributed by atoms with van der Waals surface area (Å²) in [5, 5.41) is 14.8. The molecule has 0 atom stereocenters. The topological polar surface area (TPSA) is 91.6 Å². The molecule has 1 aromatic rings. The maximum atomic E-state index is 10.6. The van der Waals surface area contributed by atoms with Crippen LogP contribution in [-0.4, -0.2) is 5.91 Å². The zero-order chi connectivity index (χ0) is 9.68. The fourth-order valence-electron chi connectivity index (χ4n) is 0.772. The van der Waals surface area contributed by atoms with Gasteiger partial charge in [0.15, 0.2) is 0 Å². The average molecular weight is 174 g/mol. The maximum Gasteiger partial charge on any atom is 0.248 e. The molecule has 0 fully saturated rings. The minimum Gasteiger partial charge on any atom is -0.366 e. The van der Waals surface area contributed by atoms with Gasteiger partial charge in [-0.05, 0) is 24.3 Å². The third-order valence-corrected chi connectivity index (χ3v) is 1.36. The fourth-order valence-corrected chi connectivity index (χ4v) is 0.772. The van der Waals surface area contributed by atoms with Gasteiger partial charge in [-0.1, -0.05) is 5.11 Å². The summed E-state index contributed by atoms with van der Waals surface area (Å²) in [6, 6.07) is 6.16. The van der Waals surface area contributed by atoms with E-state index in [9.17, 15) is 4.79 Å². The summed E-state index contributed by atoms with van der Waals surface area (Å²) in [7, 11) is 0. The van der Waals surface area contributed by atoms with Gasteiger partial charge in [-0.3, -0.25) is 4.79 Å². The normalized spacial score (nSPS) is 9.77. The van der Waals surface area contributed by atoms with Crippen molar-refractivity contribution in [1.29, 1.82) is 5.26 Å². The van der Waals surface area contributed by atoms with Crippen LogP contribution in [0.4, 0.5) is 5.69 Å². The molecule has 0 saturated heterocycles. The predicted octanol–water partition coefficient (Wildman–Crippen LogP) is 1.35. The Morgan fingerprint density at radius 3 is 2.46 bits per heavy atom. The van der Waals surface area contributed by atoms with Crippen LogP contribution in [0.3, 0.4) is 0 Å². The van der Waals surface area contributed by atoms with Gasteiger partial charge < -0.3 is 5.73 Å². The van der Waals surface area contributed by atoms with Gasteiger partial charge in [0.05, 0.1) is 5.69 Å². The largest absolute Gasteiger partial charge is 0.366 e. The van der Waals surface area contributed by atoms with E-state index in [1.807, 2.05) is 0 Å². The molecule has 0 aliphatic carbocycles. The van der Waals surface area contributed by atoms with Gasteiger partial charge in [-0.2, -0.15) is 5.26 Å². The van der Waals surface area contributed by atoms with Gasteiger partial charge in [-0.15, -0.1) is 5.11 Å². The summed E-state index contributed by atoms with van der Waals surface area (Å²) in [4.78, 5) is 10.6. The first-order valence-electron chi connectivity index (χ1n) is 3.43. The number of nitriles is 1. The van der Waals surface area contributed by atoms with Crippen LogP contribution in [0.25, 0.3) is 0 Å². The summed E-state index contributed by atoms with van der Waals surface area (Å²) in [6.07, 6.45) is 1.52. The van der Waals surface area contributed by atoms with E-state index in [0.717, 1.165) is 0 Å². The number of rotatable bonds is 2. The lowest BCUT2D eigenvalue weighted by Crippen LogP contribution is -2.10. The Labute approximate surface area is 74.5 Å². The summed E-state index contributed by atoms with van der Waals surface area (Å²) in [6.45, 7) is 0. The lowest BCUT2D eigenvalue weighted by atomic mass is 10.2. The van der Waals surface area contributed by atoms with Gasteiger partial charge >= 0.3 is 0 Å². The van der Waals surface area contributed by atoms with Crippen LogP contribution < -0.4 is 5.73 Å². The van der Waals surface area contributed by atoms with Crippen LogP contribution in [-0.2, 0) is 0 Å². The van der Waals surface area contributed by atoms with Crippen molar-refractivity contribution in [2.45, 2.75) is 0 Å². The van der Waals surface area contributed by atoms with Crippen molar-refractivity contribution in [2.24, 2.45) is 16.0 Å². The molecule has 2 N–H and O–H groups in total. The van der Waals surface area contributed by atoms with Crippen molar-refractivity contribution in [2.75, 3.05) is 0 Å². The number of nitrogens with zero attached hydrogens (tertiary/aromatic N) is 3. The highest BCUT2D eigenvalue weighted by Crippen LogP contribution is 2.12. The second-order valence-electron chi connectivity index (χ2n) is 2.21. The quantitative estimate of drug-likeness (QED) is 0.541. The maximum absolute atomic E-state index is 10.6. The number of hydrogen-bond acceptors (Lipinski definition) is 4. The number of hydrogen-bond donors (Lipinski definition) is 1. The standard InChI is InChI=1S/C8H6N4O/c9-5-11-12-7-3-1-6(2-4-7)8(10)13/h1-4H,(H2,10,13)/b12-11+. The third-order valence-electron chi connectivity index (χ3n) is 1.36. The summed E-state index contributed by atoms with van der Waals surface area (Å²) >= 11 is 0. The highest BCUT2D eigenvalue weighted by molar-refractivity contribution is 5.92. The molecule has 64 valence electrons. The molecule has 0 spiro atoms. The van der Waals surface area contributed by atoms with Crippen molar-refractivity contribution in [3.63, 3.8) is 0 Å². The highest BCUT2D eigenvalue weighted by Gasteiger charge is 1.98. The molecule has 13 heavy (non-hydrogen) atoms. The fraction of sp³-hybridized carbons (Fsp3) is 0. The SMILES string of the molecule is N#C/N=N/c1ccc(C(N)=O)cc1. The smallest absolute Gasteiger partial charge is 0.248 e. The van der Waals surface area contributed by atoms with Crippen LogP contribution >= 0.6 is 0 Å². The molecule has 0 saturated carbocycles. The molecular weight excluding hydrogens is 168 g/mol. The average Bonchev–Trinajstić information content (AvgIpc) is 2.15. The minimum atomic E-state index is -0.497. The Morgan fingerprint density at radius 2 is 2.00 bits per heavy atom. The Morgan fingerprint density at radius 1 is 1.38 bits per heavy atom. The molecule has 0 aliphatic rings. The zero-order valence-electron chi connectivity index (χ0n) is 6.64. The van der Waals surface area contributed by atoms with Crippen molar-refractivity contribution < 1.29 is 4.79 Å². The first kappa shape index (κ1) is 8.87.